The summed E-state index contributed by atoms with van der Waals surface area (Å²) in [6, 6.07) is 4.82. The zero-order chi connectivity index (χ0) is 32.6. The molecule has 0 aliphatic heterocycles. The average molecular weight is 613 g/mol. The van der Waals surface area contributed by atoms with Crippen LogP contribution in [0.5, 0.6) is 0 Å². The number of carbonyl (C=O) groups excluding carboxylic acids is 5. The first-order chi connectivity index (χ1) is 20.8. The first-order valence-corrected chi connectivity index (χ1v) is 14.4. The number of nitrogens with zero attached hydrogens (tertiary/aromatic N) is 2. The fourth-order valence-corrected chi connectivity index (χ4v) is 4.44. The van der Waals surface area contributed by atoms with Gasteiger partial charge in [0, 0.05) is 38.2 Å². The molecule has 11 N–H and O–H groups in total. The maximum Gasteiger partial charge on any atom is 0.243 e. The van der Waals surface area contributed by atoms with E-state index in [1.54, 1.807) is 24.3 Å². The predicted octanol–water partition coefficient (Wildman–Crippen LogP) is -1.26. The van der Waals surface area contributed by atoms with Gasteiger partial charge >= 0.3 is 0 Å². The molecule has 15 heteroatoms. The van der Waals surface area contributed by atoms with Crippen molar-refractivity contribution in [3.05, 3.63) is 54.1 Å². The number of primary amides is 1. The highest BCUT2D eigenvalue weighted by Gasteiger charge is 2.31. The Labute approximate surface area is 256 Å². The standard InChI is InChI=1S/C29H44N10O5/c1-17(2)12-22(25(30)41)38-26(42)21(10-7-11-34-29(31)32)37-27(43)23(13-19-8-5-4-6-9-19)39-28(44)24(36-18(3)40)14-20-15-33-16-35-20/h4-6,8-9,15-17,21-24H,7,10-14H2,1-3H3,(H2,30,41)(H,33,35)(H,36,40)(H,37,43)(H,38,42)(H,39,44)(H4,31,32,34)/t21-,22-,23+,24-/m0/s1. The minimum absolute atomic E-state index is 0.0616. The van der Waals surface area contributed by atoms with Gasteiger partial charge in [0.2, 0.25) is 29.5 Å². The number of nitrogens with two attached hydrogens (primary N) is 3. The molecule has 1 aromatic heterocycles. The molecule has 0 unspecified atom stereocenters. The Kier molecular flexibility index (Phi) is 14.3. The Morgan fingerprint density at radius 1 is 0.841 bits per heavy atom. The van der Waals surface area contributed by atoms with Crippen LogP contribution in [0.15, 0.2) is 47.8 Å². The molecule has 44 heavy (non-hydrogen) atoms. The van der Waals surface area contributed by atoms with Crippen LogP contribution in [0.25, 0.3) is 0 Å². The van der Waals surface area contributed by atoms with Gasteiger partial charge in [-0.05, 0) is 30.7 Å². The average Bonchev–Trinajstić information content (AvgIpc) is 3.46. The number of rotatable bonds is 18. The summed E-state index contributed by atoms with van der Waals surface area (Å²) in [6.07, 6.45) is 3.93. The molecule has 0 saturated carbocycles. The Morgan fingerprint density at radius 2 is 1.43 bits per heavy atom. The van der Waals surface area contributed by atoms with Crippen LogP contribution < -0.4 is 38.5 Å². The van der Waals surface area contributed by atoms with E-state index in [0.717, 1.165) is 5.56 Å². The van der Waals surface area contributed by atoms with Gasteiger partial charge in [-0.1, -0.05) is 44.2 Å². The van der Waals surface area contributed by atoms with Crippen molar-refractivity contribution in [2.45, 2.75) is 77.0 Å². The van der Waals surface area contributed by atoms with Crippen molar-refractivity contribution in [3.63, 3.8) is 0 Å². The van der Waals surface area contributed by atoms with Crippen LogP contribution in [0.1, 0.15) is 51.3 Å². The molecule has 2 aromatic rings. The topological polar surface area (TPSA) is 253 Å². The SMILES string of the molecule is CC(=O)N[C@@H](Cc1cnc[nH]1)C(=O)N[C@H](Cc1ccccc1)C(=O)N[C@@H](CCCN=C(N)N)C(=O)N[C@@H](CC(C)C)C(N)=O. The van der Waals surface area contributed by atoms with Crippen LogP contribution in [0.2, 0.25) is 0 Å². The molecular formula is C29H44N10O5. The Balaban J connectivity index is 2.31. The third-order valence-corrected chi connectivity index (χ3v) is 6.53. The largest absolute Gasteiger partial charge is 0.370 e. The lowest BCUT2D eigenvalue weighted by Gasteiger charge is -2.26. The fourth-order valence-electron chi connectivity index (χ4n) is 4.44. The van der Waals surface area contributed by atoms with E-state index >= 15 is 0 Å². The fraction of sp³-hybridized carbons (Fsp3) is 0.483. The molecule has 0 radical (unpaired) electrons. The number of guanidine groups is 1. The second kappa shape index (κ2) is 17.9. The molecule has 15 nitrogen and oxygen atoms in total. The minimum Gasteiger partial charge on any atom is -0.370 e. The van der Waals surface area contributed by atoms with E-state index in [1.807, 2.05) is 19.9 Å². The number of hydrogen-bond donors (Lipinski definition) is 8. The van der Waals surface area contributed by atoms with Crippen molar-refractivity contribution in [1.29, 1.82) is 0 Å². The van der Waals surface area contributed by atoms with Crippen LogP contribution in [0.4, 0.5) is 0 Å². The Hall–Kier alpha value is -4.95. The number of nitrogens with one attached hydrogen (secondary N) is 5. The van der Waals surface area contributed by atoms with E-state index in [4.69, 9.17) is 17.2 Å². The molecule has 0 aliphatic rings. The molecule has 1 heterocycles. The van der Waals surface area contributed by atoms with E-state index in [2.05, 4.69) is 36.2 Å². The third kappa shape index (κ3) is 12.9. The molecule has 0 spiro atoms. The van der Waals surface area contributed by atoms with Crippen molar-refractivity contribution in [1.82, 2.24) is 31.2 Å². The Morgan fingerprint density at radius 3 is 1.98 bits per heavy atom. The number of H-pyrrole nitrogens is 1. The highest BCUT2D eigenvalue weighted by molar-refractivity contribution is 5.95. The zero-order valence-corrected chi connectivity index (χ0v) is 25.3. The minimum atomic E-state index is -1.13. The first kappa shape index (κ1) is 35.2. The van der Waals surface area contributed by atoms with Crippen LogP contribution in [-0.4, -0.2) is 76.2 Å². The van der Waals surface area contributed by atoms with Gasteiger partial charge in [0.15, 0.2) is 5.96 Å². The second-order valence-corrected chi connectivity index (χ2v) is 10.9. The molecular weight excluding hydrogens is 568 g/mol. The number of carbonyl (C=O) groups is 5. The predicted molar refractivity (Wildman–Crippen MR) is 164 cm³/mol. The van der Waals surface area contributed by atoms with Crippen LogP contribution in [-0.2, 0) is 36.8 Å². The van der Waals surface area contributed by atoms with Gasteiger partial charge in [0.05, 0.1) is 6.33 Å². The zero-order valence-electron chi connectivity index (χ0n) is 25.3. The molecule has 4 atom stereocenters. The summed E-state index contributed by atoms with van der Waals surface area (Å²) in [7, 11) is 0. The maximum atomic E-state index is 13.7. The number of hydrogen-bond acceptors (Lipinski definition) is 7. The van der Waals surface area contributed by atoms with Gasteiger partial charge in [-0.3, -0.25) is 29.0 Å². The van der Waals surface area contributed by atoms with E-state index in [9.17, 15) is 24.0 Å². The molecule has 0 saturated heterocycles. The third-order valence-electron chi connectivity index (χ3n) is 6.53. The number of aromatic amines is 1. The van der Waals surface area contributed by atoms with Crippen molar-refractivity contribution in [2.24, 2.45) is 28.1 Å². The first-order valence-electron chi connectivity index (χ1n) is 14.4. The lowest BCUT2D eigenvalue weighted by atomic mass is 10.0. The lowest BCUT2D eigenvalue weighted by molar-refractivity contribution is -0.134. The number of amides is 5. The highest BCUT2D eigenvalue weighted by atomic mass is 16.2. The molecule has 0 aliphatic carbocycles. The summed E-state index contributed by atoms with van der Waals surface area (Å²) in [5.41, 5.74) is 17.7. The molecule has 1 aromatic carbocycles. The summed E-state index contributed by atoms with van der Waals surface area (Å²) in [6.45, 7) is 5.25. The quantitative estimate of drug-likeness (QED) is 0.0571. The molecule has 2 rings (SSSR count). The van der Waals surface area contributed by atoms with Crippen molar-refractivity contribution < 1.29 is 24.0 Å². The lowest BCUT2D eigenvalue weighted by Crippen LogP contribution is -2.58. The second-order valence-electron chi connectivity index (χ2n) is 10.9. The Bertz CT molecular complexity index is 1260. The summed E-state index contributed by atoms with van der Waals surface area (Å²) in [5.74, 6) is -3.06. The molecule has 0 fully saturated rings. The van der Waals surface area contributed by atoms with Gasteiger partial charge < -0.3 is 43.5 Å². The molecule has 240 valence electrons. The van der Waals surface area contributed by atoms with E-state index < -0.39 is 53.7 Å². The number of imidazole rings is 1. The number of aromatic nitrogens is 2. The number of benzene rings is 1. The normalized spacial score (nSPS) is 13.5. The van der Waals surface area contributed by atoms with Crippen LogP contribution in [0.3, 0.4) is 0 Å². The monoisotopic (exact) mass is 612 g/mol. The highest BCUT2D eigenvalue weighted by Crippen LogP contribution is 2.09. The van der Waals surface area contributed by atoms with Gasteiger partial charge in [0.25, 0.3) is 0 Å². The van der Waals surface area contributed by atoms with Crippen molar-refractivity contribution in [2.75, 3.05) is 6.54 Å². The van der Waals surface area contributed by atoms with Gasteiger partial charge in [-0.15, -0.1) is 0 Å². The summed E-state index contributed by atoms with van der Waals surface area (Å²) >= 11 is 0. The van der Waals surface area contributed by atoms with Crippen LogP contribution in [0, 0.1) is 5.92 Å². The van der Waals surface area contributed by atoms with E-state index in [-0.39, 0.29) is 37.7 Å². The van der Waals surface area contributed by atoms with Gasteiger partial charge in [0.1, 0.15) is 24.2 Å². The summed E-state index contributed by atoms with van der Waals surface area (Å²) in [4.78, 5) is 75.2. The van der Waals surface area contributed by atoms with Gasteiger partial charge in [-0.2, -0.15) is 0 Å². The van der Waals surface area contributed by atoms with E-state index in [0.29, 0.717) is 18.5 Å². The molecule has 0 bridgehead atoms. The van der Waals surface area contributed by atoms with Gasteiger partial charge in [-0.25, -0.2) is 4.98 Å². The van der Waals surface area contributed by atoms with E-state index in [1.165, 1.54) is 19.4 Å². The van der Waals surface area contributed by atoms with Crippen molar-refractivity contribution in [3.8, 4) is 0 Å². The van der Waals surface area contributed by atoms with Crippen LogP contribution >= 0.6 is 0 Å². The maximum absolute atomic E-state index is 13.7. The smallest absolute Gasteiger partial charge is 0.243 e. The summed E-state index contributed by atoms with van der Waals surface area (Å²) < 4.78 is 0. The number of aliphatic imine (C=N–C) groups is 1. The summed E-state index contributed by atoms with van der Waals surface area (Å²) in [5, 5.41) is 10.7. The van der Waals surface area contributed by atoms with Crippen molar-refractivity contribution >= 4 is 35.5 Å². The molecule has 5 amide bonds.